The van der Waals surface area contributed by atoms with Gasteiger partial charge in [0.25, 0.3) is 0 Å². The summed E-state index contributed by atoms with van der Waals surface area (Å²) >= 11 is 7.45. The Morgan fingerprint density at radius 1 is 1.39 bits per heavy atom. The van der Waals surface area contributed by atoms with Gasteiger partial charge in [-0.1, -0.05) is 0 Å². The molecule has 0 saturated heterocycles. The number of rotatable bonds is 3. The van der Waals surface area contributed by atoms with Gasteiger partial charge in [0.2, 0.25) is 5.28 Å². The minimum atomic E-state index is 0.173. The van der Waals surface area contributed by atoms with E-state index in [9.17, 15) is 0 Å². The van der Waals surface area contributed by atoms with Gasteiger partial charge in [0.05, 0.1) is 23.6 Å². The monoisotopic (exact) mass is 280 g/mol. The van der Waals surface area contributed by atoms with Crippen molar-refractivity contribution in [2.75, 3.05) is 5.32 Å². The standard InChI is InChI=1S/C10H9ClN6S/c1-5-15-6(3-18-5)2-12-8-7-9(14-4-13-7)17-10(11)16-8/h3-4H,2H2,1H3,(H2,12,13,14,16,17). The van der Waals surface area contributed by atoms with Gasteiger partial charge in [-0.3, -0.25) is 0 Å². The first-order valence-electron chi connectivity index (χ1n) is 5.24. The van der Waals surface area contributed by atoms with Gasteiger partial charge in [-0.05, 0) is 18.5 Å². The number of hydrogen-bond donors (Lipinski definition) is 2. The maximum atomic E-state index is 5.84. The van der Waals surface area contributed by atoms with E-state index in [1.165, 1.54) is 0 Å². The van der Waals surface area contributed by atoms with E-state index in [2.05, 4.69) is 30.2 Å². The lowest BCUT2D eigenvalue weighted by Gasteiger charge is -2.04. The summed E-state index contributed by atoms with van der Waals surface area (Å²) in [6.07, 6.45) is 1.56. The Kier molecular flexibility index (Phi) is 2.85. The first-order valence-corrected chi connectivity index (χ1v) is 6.49. The Labute approximate surface area is 111 Å². The molecule has 0 unspecified atom stereocenters. The van der Waals surface area contributed by atoms with Crippen LogP contribution in [0.4, 0.5) is 5.82 Å². The smallest absolute Gasteiger partial charge is 0.226 e. The molecule has 0 atom stereocenters. The molecule has 3 heterocycles. The van der Waals surface area contributed by atoms with Crippen LogP contribution >= 0.6 is 22.9 Å². The van der Waals surface area contributed by atoms with Crippen molar-refractivity contribution in [3.63, 3.8) is 0 Å². The molecule has 0 amide bonds. The fraction of sp³-hybridized carbons (Fsp3) is 0.200. The van der Waals surface area contributed by atoms with Gasteiger partial charge in [-0.2, -0.15) is 9.97 Å². The number of fused-ring (bicyclic) bond motifs is 1. The zero-order valence-corrected chi connectivity index (χ0v) is 11.0. The molecule has 0 aliphatic rings. The molecule has 3 rings (SSSR count). The third-order valence-electron chi connectivity index (χ3n) is 2.36. The normalized spacial score (nSPS) is 11.0. The molecule has 0 aliphatic heterocycles. The van der Waals surface area contributed by atoms with E-state index in [4.69, 9.17) is 11.6 Å². The fourth-order valence-corrected chi connectivity index (χ4v) is 2.38. The lowest BCUT2D eigenvalue weighted by Crippen LogP contribution is -2.03. The number of aromatic nitrogens is 5. The quantitative estimate of drug-likeness (QED) is 0.720. The van der Waals surface area contributed by atoms with Crippen molar-refractivity contribution in [2.45, 2.75) is 13.5 Å². The Hall–Kier alpha value is -1.73. The predicted octanol–water partition coefficient (Wildman–Crippen LogP) is 2.38. The molecule has 6 nitrogen and oxygen atoms in total. The Balaban J connectivity index is 1.87. The zero-order valence-electron chi connectivity index (χ0n) is 9.44. The van der Waals surface area contributed by atoms with Crippen LogP contribution in [-0.2, 0) is 6.54 Å². The molecule has 2 N–H and O–H groups in total. The number of imidazole rings is 1. The molecule has 3 aromatic heterocycles. The highest BCUT2D eigenvalue weighted by Crippen LogP contribution is 2.19. The Bertz CT molecular complexity index is 691. The summed E-state index contributed by atoms with van der Waals surface area (Å²) in [6.45, 7) is 2.56. The molecule has 0 fully saturated rings. The summed E-state index contributed by atoms with van der Waals surface area (Å²) in [7, 11) is 0. The summed E-state index contributed by atoms with van der Waals surface area (Å²) < 4.78 is 0. The second-order valence-electron chi connectivity index (χ2n) is 3.65. The number of nitrogens with zero attached hydrogens (tertiary/aromatic N) is 4. The second-order valence-corrected chi connectivity index (χ2v) is 5.05. The molecule has 18 heavy (non-hydrogen) atoms. The summed E-state index contributed by atoms with van der Waals surface area (Å²) in [5, 5.41) is 6.40. The number of anilines is 1. The lowest BCUT2D eigenvalue weighted by atomic mass is 10.4. The van der Waals surface area contributed by atoms with Gasteiger partial charge < -0.3 is 10.3 Å². The van der Waals surface area contributed by atoms with Crippen molar-refractivity contribution < 1.29 is 0 Å². The second kappa shape index (κ2) is 4.51. The predicted molar refractivity (Wildman–Crippen MR) is 70.9 cm³/mol. The van der Waals surface area contributed by atoms with Crippen molar-refractivity contribution in [3.8, 4) is 0 Å². The van der Waals surface area contributed by atoms with Crippen molar-refractivity contribution in [1.82, 2.24) is 24.9 Å². The fourth-order valence-electron chi connectivity index (χ4n) is 1.60. The molecule has 92 valence electrons. The average Bonchev–Trinajstić information content (AvgIpc) is 2.94. The highest BCUT2D eigenvalue weighted by Gasteiger charge is 2.09. The number of aryl methyl sites for hydroxylation is 1. The molecule has 0 saturated carbocycles. The molecular weight excluding hydrogens is 272 g/mol. The van der Waals surface area contributed by atoms with Gasteiger partial charge in [-0.25, -0.2) is 9.97 Å². The van der Waals surface area contributed by atoms with Crippen LogP contribution < -0.4 is 5.32 Å². The highest BCUT2D eigenvalue weighted by molar-refractivity contribution is 7.09. The van der Waals surface area contributed by atoms with Crippen molar-refractivity contribution >= 4 is 39.9 Å². The summed E-state index contributed by atoms with van der Waals surface area (Å²) in [5.41, 5.74) is 2.26. The Morgan fingerprint density at radius 3 is 3.06 bits per heavy atom. The van der Waals surface area contributed by atoms with Gasteiger partial charge in [-0.15, -0.1) is 11.3 Å². The minimum absolute atomic E-state index is 0.173. The molecule has 0 spiro atoms. The molecule has 0 aliphatic carbocycles. The summed E-state index contributed by atoms with van der Waals surface area (Å²) in [4.78, 5) is 19.6. The first kappa shape index (κ1) is 11.4. The molecule has 3 aromatic rings. The number of thiazole rings is 1. The summed E-state index contributed by atoms with van der Waals surface area (Å²) in [6, 6.07) is 0. The lowest BCUT2D eigenvalue weighted by molar-refractivity contribution is 1.03. The summed E-state index contributed by atoms with van der Waals surface area (Å²) in [5.74, 6) is 0.633. The van der Waals surface area contributed by atoms with Gasteiger partial charge in [0, 0.05) is 5.38 Å². The van der Waals surface area contributed by atoms with E-state index in [1.54, 1.807) is 17.7 Å². The van der Waals surface area contributed by atoms with Crippen LogP contribution in [0, 0.1) is 6.92 Å². The van der Waals surface area contributed by atoms with Crippen LogP contribution in [0.1, 0.15) is 10.7 Å². The third kappa shape index (κ3) is 2.14. The highest BCUT2D eigenvalue weighted by atomic mass is 35.5. The van der Waals surface area contributed by atoms with Crippen LogP contribution in [-0.4, -0.2) is 24.9 Å². The minimum Gasteiger partial charge on any atom is -0.362 e. The van der Waals surface area contributed by atoms with Crippen molar-refractivity contribution in [1.29, 1.82) is 0 Å². The average molecular weight is 281 g/mol. The molecule has 0 aromatic carbocycles. The van der Waals surface area contributed by atoms with E-state index < -0.39 is 0 Å². The number of aromatic amines is 1. The van der Waals surface area contributed by atoms with Crippen LogP contribution in [0.3, 0.4) is 0 Å². The van der Waals surface area contributed by atoms with Crippen molar-refractivity contribution in [3.05, 3.63) is 27.7 Å². The van der Waals surface area contributed by atoms with Crippen molar-refractivity contribution in [2.24, 2.45) is 0 Å². The molecule has 0 bridgehead atoms. The largest absolute Gasteiger partial charge is 0.362 e. The molecular formula is C10H9ClN6S. The topological polar surface area (TPSA) is 79.4 Å². The number of halogens is 1. The third-order valence-corrected chi connectivity index (χ3v) is 3.35. The first-order chi connectivity index (χ1) is 8.72. The SMILES string of the molecule is Cc1nc(CNc2nc(Cl)nc3nc[nH]c23)cs1. The number of hydrogen-bond acceptors (Lipinski definition) is 6. The zero-order chi connectivity index (χ0) is 12.5. The van der Waals surface area contributed by atoms with Crippen LogP contribution in [0.25, 0.3) is 11.2 Å². The van der Waals surface area contributed by atoms with Crippen LogP contribution in [0.5, 0.6) is 0 Å². The van der Waals surface area contributed by atoms with E-state index in [1.807, 2.05) is 12.3 Å². The van der Waals surface area contributed by atoms with E-state index in [0.29, 0.717) is 18.0 Å². The van der Waals surface area contributed by atoms with E-state index >= 15 is 0 Å². The van der Waals surface area contributed by atoms with Crippen LogP contribution in [0.15, 0.2) is 11.7 Å². The number of nitrogens with one attached hydrogen (secondary N) is 2. The van der Waals surface area contributed by atoms with Gasteiger partial charge in [0.1, 0.15) is 5.52 Å². The van der Waals surface area contributed by atoms with Crippen LogP contribution in [0.2, 0.25) is 5.28 Å². The Morgan fingerprint density at radius 2 is 2.28 bits per heavy atom. The molecule has 8 heteroatoms. The maximum Gasteiger partial charge on any atom is 0.226 e. The van der Waals surface area contributed by atoms with Gasteiger partial charge in [0.15, 0.2) is 11.5 Å². The molecule has 0 radical (unpaired) electrons. The van der Waals surface area contributed by atoms with E-state index in [-0.39, 0.29) is 5.28 Å². The van der Waals surface area contributed by atoms with Gasteiger partial charge >= 0.3 is 0 Å². The number of H-pyrrole nitrogens is 1. The maximum absolute atomic E-state index is 5.84. The van der Waals surface area contributed by atoms with E-state index in [0.717, 1.165) is 16.2 Å².